The van der Waals surface area contributed by atoms with Gasteiger partial charge >= 0.3 is 0 Å². The van der Waals surface area contributed by atoms with Gasteiger partial charge in [-0.05, 0) is 47.0 Å². The van der Waals surface area contributed by atoms with E-state index in [0.29, 0.717) is 12.5 Å². The van der Waals surface area contributed by atoms with Crippen LogP contribution in [-0.4, -0.2) is 15.0 Å². The molecule has 0 radical (unpaired) electrons. The van der Waals surface area contributed by atoms with E-state index in [-0.39, 0.29) is 6.54 Å². The summed E-state index contributed by atoms with van der Waals surface area (Å²) in [7, 11) is -4.03. The zero-order valence-corrected chi connectivity index (χ0v) is 11.4. The van der Waals surface area contributed by atoms with Crippen LogP contribution in [0, 0.1) is 11.6 Å². The smallest absolute Gasteiger partial charge is 0.211 e. The first-order chi connectivity index (χ1) is 8.99. The molecule has 0 fully saturated rings. The summed E-state index contributed by atoms with van der Waals surface area (Å²) >= 11 is 1.51. The maximum Gasteiger partial charge on any atom is 0.243 e. The fraction of sp³-hybridized carbons (Fsp3) is 0.167. The molecule has 1 heterocycles. The van der Waals surface area contributed by atoms with E-state index in [4.69, 9.17) is 0 Å². The molecule has 0 unspecified atom stereocenters. The van der Waals surface area contributed by atoms with E-state index in [2.05, 4.69) is 4.72 Å². The van der Waals surface area contributed by atoms with Crippen LogP contribution in [0.15, 0.2) is 39.9 Å². The second kappa shape index (κ2) is 5.77. The predicted octanol–water partition coefficient (Wildman–Crippen LogP) is 2.55. The third kappa shape index (κ3) is 3.59. The van der Waals surface area contributed by atoms with Crippen molar-refractivity contribution in [2.75, 3.05) is 6.54 Å². The molecular weight excluding hydrogens is 292 g/mol. The number of nitrogens with one attached hydrogen (secondary N) is 1. The van der Waals surface area contributed by atoms with Gasteiger partial charge in [-0.25, -0.2) is 21.9 Å². The van der Waals surface area contributed by atoms with Gasteiger partial charge in [0.1, 0.15) is 16.5 Å². The van der Waals surface area contributed by atoms with Gasteiger partial charge in [0.05, 0.1) is 0 Å². The maximum atomic E-state index is 13.4. The molecule has 0 aliphatic carbocycles. The fourth-order valence-corrected chi connectivity index (χ4v) is 3.35. The largest absolute Gasteiger partial charge is 0.243 e. The summed E-state index contributed by atoms with van der Waals surface area (Å²) in [5.41, 5.74) is 0.993. The Balaban J connectivity index is 2.07. The van der Waals surface area contributed by atoms with Crippen molar-refractivity contribution in [1.82, 2.24) is 4.72 Å². The Morgan fingerprint density at radius 2 is 2.00 bits per heavy atom. The topological polar surface area (TPSA) is 46.2 Å². The first-order valence-electron chi connectivity index (χ1n) is 5.45. The van der Waals surface area contributed by atoms with Crippen molar-refractivity contribution in [3.63, 3.8) is 0 Å². The number of sulfonamides is 1. The van der Waals surface area contributed by atoms with Gasteiger partial charge < -0.3 is 0 Å². The first-order valence-corrected chi connectivity index (χ1v) is 7.87. The van der Waals surface area contributed by atoms with Crippen molar-refractivity contribution in [2.45, 2.75) is 11.3 Å². The van der Waals surface area contributed by atoms with E-state index >= 15 is 0 Å². The SMILES string of the molecule is O=S(=O)(NCCc1ccsc1)c1cc(F)ccc1F. The van der Waals surface area contributed by atoms with E-state index in [9.17, 15) is 17.2 Å². The quantitative estimate of drug-likeness (QED) is 0.922. The number of benzene rings is 1. The van der Waals surface area contributed by atoms with Gasteiger partial charge in [0.25, 0.3) is 0 Å². The van der Waals surface area contributed by atoms with Crippen LogP contribution in [0.4, 0.5) is 8.78 Å². The molecule has 0 spiro atoms. The van der Waals surface area contributed by atoms with Crippen LogP contribution in [0.1, 0.15) is 5.56 Å². The predicted molar refractivity (Wildman–Crippen MR) is 69.6 cm³/mol. The summed E-state index contributed by atoms with van der Waals surface area (Å²) in [6, 6.07) is 4.21. The molecule has 2 aromatic rings. The summed E-state index contributed by atoms with van der Waals surface area (Å²) < 4.78 is 52.2. The Morgan fingerprint density at radius 1 is 1.21 bits per heavy atom. The highest BCUT2D eigenvalue weighted by Crippen LogP contribution is 2.15. The van der Waals surface area contributed by atoms with E-state index in [1.54, 1.807) is 0 Å². The van der Waals surface area contributed by atoms with Crippen LogP contribution < -0.4 is 4.72 Å². The van der Waals surface area contributed by atoms with E-state index in [1.165, 1.54) is 11.3 Å². The van der Waals surface area contributed by atoms with Crippen molar-refractivity contribution in [1.29, 1.82) is 0 Å². The molecule has 0 amide bonds. The van der Waals surface area contributed by atoms with Crippen LogP contribution in [0.5, 0.6) is 0 Å². The Bertz CT molecular complexity index is 654. The molecule has 0 bridgehead atoms. The molecule has 2 rings (SSSR count). The minimum atomic E-state index is -4.03. The first kappa shape index (κ1) is 14.1. The minimum Gasteiger partial charge on any atom is -0.211 e. The molecule has 0 atom stereocenters. The third-order valence-corrected chi connectivity index (χ3v) is 4.68. The van der Waals surface area contributed by atoms with Crippen molar-refractivity contribution >= 4 is 21.4 Å². The lowest BCUT2D eigenvalue weighted by Gasteiger charge is -2.07. The van der Waals surface area contributed by atoms with Crippen LogP contribution >= 0.6 is 11.3 Å². The normalized spacial score (nSPS) is 11.7. The molecule has 102 valence electrons. The lowest BCUT2D eigenvalue weighted by atomic mass is 10.2. The molecule has 0 saturated heterocycles. The zero-order valence-electron chi connectivity index (χ0n) is 9.77. The Morgan fingerprint density at radius 3 is 2.68 bits per heavy atom. The maximum absolute atomic E-state index is 13.4. The fourth-order valence-electron chi connectivity index (χ4n) is 1.53. The van der Waals surface area contributed by atoms with Gasteiger partial charge in [-0.2, -0.15) is 11.3 Å². The van der Waals surface area contributed by atoms with Crippen LogP contribution in [0.2, 0.25) is 0 Å². The van der Waals surface area contributed by atoms with Gasteiger partial charge in [0, 0.05) is 6.54 Å². The lowest BCUT2D eigenvalue weighted by Crippen LogP contribution is -2.26. The molecule has 1 N–H and O–H groups in total. The highest BCUT2D eigenvalue weighted by molar-refractivity contribution is 7.89. The van der Waals surface area contributed by atoms with Gasteiger partial charge in [-0.1, -0.05) is 0 Å². The van der Waals surface area contributed by atoms with Crippen molar-refractivity contribution in [3.05, 3.63) is 52.2 Å². The molecule has 19 heavy (non-hydrogen) atoms. The van der Waals surface area contributed by atoms with Crippen molar-refractivity contribution < 1.29 is 17.2 Å². The standard InChI is InChI=1S/C12H11F2NO2S2/c13-10-1-2-11(14)12(7-10)19(16,17)15-5-3-9-4-6-18-8-9/h1-2,4,6-8,15H,3,5H2. The summed E-state index contributed by atoms with van der Waals surface area (Å²) in [5, 5.41) is 3.78. The number of thiophene rings is 1. The van der Waals surface area contributed by atoms with E-state index < -0.39 is 26.6 Å². The summed E-state index contributed by atoms with van der Waals surface area (Å²) in [5.74, 6) is -1.76. The van der Waals surface area contributed by atoms with Gasteiger partial charge in [0.2, 0.25) is 10.0 Å². The second-order valence-corrected chi connectivity index (χ2v) is 6.37. The molecule has 7 heteroatoms. The number of halogens is 2. The number of rotatable bonds is 5. The molecular formula is C12H11F2NO2S2. The Labute approximate surface area is 114 Å². The van der Waals surface area contributed by atoms with Crippen molar-refractivity contribution in [2.24, 2.45) is 0 Å². The second-order valence-electron chi connectivity index (χ2n) is 3.85. The van der Waals surface area contributed by atoms with Crippen molar-refractivity contribution in [3.8, 4) is 0 Å². The molecule has 1 aromatic heterocycles. The minimum absolute atomic E-state index is 0.134. The lowest BCUT2D eigenvalue weighted by molar-refractivity contribution is 0.546. The van der Waals surface area contributed by atoms with Gasteiger partial charge in [0.15, 0.2) is 0 Å². The average molecular weight is 303 g/mol. The highest BCUT2D eigenvalue weighted by Gasteiger charge is 2.19. The third-order valence-electron chi connectivity index (χ3n) is 2.47. The van der Waals surface area contributed by atoms with Crippen LogP contribution in [0.3, 0.4) is 0 Å². The van der Waals surface area contributed by atoms with Gasteiger partial charge in [-0.3, -0.25) is 0 Å². The Hall–Kier alpha value is -1.31. The van der Waals surface area contributed by atoms with Crippen LogP contribution in [-0.2, 0) is 16.4 Å². The molecule has 0 saturated carbocycles. The van der Waals surface area contributed by atoms with E-state index in [0.717, 1.165) is 17.7 Å². The molecule has 3 nitrogen and oxygen atoms in total. The summed E-state index contributed by atoms with van der Waals surface area (Å²) in [6.45, 7) is 0.134. The molecule has 1 aromatic carbocycles. The molecule has 0 aliphatic rings. The zero-order chi connectivity index (χ0) is 13.9. The molecule has 0 aliphatic heterocycles. The van der Waals surface area contributed by atoms with Gasteiger partial charge in [-0.15, -0.1) is 0 Å². The number of hydrogen-bond donors (Lipinski definition) is 1. The highest BCUT2D eigenvalue weighted by atomic mass is 32.2. The number of hydrogen-bond acceptors (Lipinski definition) is 3. The monoisotopic (exact) mass is 303 g/mol. The van der Waals surface area contributed by atoms with Crippen LogP contribution in [0.25, 0.3) is 0 Å². The summed E-state index contributed by atoms with van der Waals surface area (Å²) in [4.78, 5) is -0.669. The summed E-state index contributed by atoms with van der Waals surface area (Å²) in [6.07, 6.45) is 0.500. The average Bonchev–Trinajstić information content (AvgIpc) is 2.85. The Kier molecular flexibility index (Phi) is 4.28. The van der Waals surface area contributed by atoms with E-state index in [1.807, 2.05) is 16.8 Å².